The van der Waals surface area contributed by atoms with E-state index in [1.807, 2.05) is 0 Å². The van der Waals surface area contributed by atoms with Crippen LogP contribution in [0.5, 0.6) is 0 Å². The first kappa shape index (κ1) is 3.95. The van der Waals surface area contributed by atoms with Crippen LogP contribution in [0, 0.1) is 0 Å². The van der Waals surface area contributed by atoms with Gasteiger partial charge in [0.05, 0.1) is 0 Å². The summed E-state index contributed by atoms with van der Waals surface area (Å²) >= 11 is 0. The number of Topliss-reactive ketones (excluding diaryl/α,β-unsaturated/α-hetero) is 1. The van der Waals surface area contributed by atoms with E-state index in [4.69, 9.17) is 9.60 Å². The molecule has 0 radical (unpaired) electrons. The van der Waals surface area contributed by atoms with Crippen LogP contribution in [0.3, 0.4) is 0 Å². The number of carbonyl (C=O) groups excluding carboxylic acids is 1. The third-order valence-electron chi connectivity index (χ3n) is 1.59. The molecule has 0 saturated heterocycles. The summed E-state index contributed by atoms with van der Waals surface area (Å²) in [5.74, 6) is -0.475. The van der Waals surface area contributed by atoms with Crippen molar-refractivity contribution in [3.05, 3.63) is 35.9 Å². The minimum absolute atomic E-state index is 0.325. The van der Waals surface area contributed by atoms with Crippen molar-refractivity contribution in [3.63, 3.8) is 0 Å². The second kappa shape index (κ2) is 5.52. The second-order valence-electron chi connectivity index (χ2n) is 2.57. The fourth-order valence-corrected chi connectivity index (χ4v) is 0.965. The lowest BCUT2D eigenvalue weighted by Crippen LogP contribution is -1.97. The van der Waals surface area contributed by atoms with Crippen molar-refractivity contribution in [2.45, 2.75) is 32.4 Å². The van der Waals surface area contributed by atoms with Crippen LogP contribution in [0.2, 0.25) is 0 Å². The first-order valence-corrected chi connectivity index (χ1v) is 4.03. The highest BCUT2D eigenvalue weighted by Gasteiger charge is 2.02. The predicted octanol–water partition coefficient (Wildman–Crippen LogP) is 3.45. The Morgan fingerprint density at radius 2 is 2.23 bits per heavy atom. The molecule has 1 aromatic rings. The van der Waals surface area contributed by atoms with Crippen molar-refractivity contribution in [3.8, 4) is 0 Å². The Labute approximate surface area is 89.6 Å². The molecule has 0 spiro atoms. The third kappa shape index (κ3) is 3.41. The molecule has 0 N–H and O–H groups in total. The molecule has 70 valence electrons. The standard InChI is InChI=1S/C12H16O/c1-2-3-5-10-12(13)11-8-6-4-7-9-11/h4,6-9H,2-3,5,10H2,1H3/i1D3,2D2,5D2. The monoisotopic (exact) mass is 183 g/mol. The third-order valence-corrected chi connectivity index (χ3v) is 1.59. The summed E-state index contributed by atoms with van der Waals surface area (Å²) in [6, 6.07) is 8.08. The van der Waals surface area contributed by atoms with E-state index in [9.17, 15) is 4.79 Å². The molecule has 0 unspecified atom stereocenters. The smallest absolute Gasteiger partial charge is 0.162 e. The lowest BCUT2D eigenvalue weighted by atomic mass is 10.1. The lowest BCUT2D eigenvalue weighted by Gasteiger charge is -1.99. The molecule has 0 aliphatic heterocycles. The predicted molar refractivity (Wildman–Crippen MR) is 54.9 cm³/mol. The highest BCUT2D eigenvalue weighted by atomic mass is 16.1. The van der Waals surface area contributed by atoms with Gasteiger partial charge in [-0.05, 0) is 6.37 Å². The topological polar surface area (TPSA) is 17.1 Å². The van der Waals surface area contributed by atoms with Crippen LogP contribution >= 0.6 is 0 Å². The maximum atomic E-state index is 11.9. The minimum atomic E-state index is -2.92. The Kier molecular flexibility index (Phi) is 1.68. The zero-order chi connectivity index (χ0) is 15.6. The summed E-state index contributed by atoms with van der Waals surface area (Å²) in [6.45, 7) is -2.92. The zero-order valence-corrected chi connectivity index (χ0v) is 7.21. The van der Waals surface area contributed by atoms with Crippen LogP contribution in [0.1, 0.15) is 52.4 Å². The summed E-state index contributed by atoms with van der Waals surface area (Å²) in [7, 11) is 0. The van der Waals surface area contributed by atoms with Gasteiger partial charge in [-0.3, -0.25) is 4.79 Å². The zero-order valence-electron chi connectivity index (χ0n) is 14.2. The van der Waals surface area contributed by atoms with E-state index in [2.05, 4.69) is 0 Å². The van der Waals surface area contributed by atoms with Gasteiger partial charge in [-0.1, -0.05) is 50.0 Å². The Morgan fingerprint density at radius 1 is 1.46 bits per heavy atom. The summed E-state index contributed by atoms with van der Waals surface area (Å²) in [4.78, 5) is 11.9. The van der Waals surface area contributed by atoms with E-state index in [0.29, 0.717) is 5.56 Å². The highest BCUT2D eigenvalue weighted by Crippen LogP contribution is 2.07. The number of carbonyl (C=O) groups is 1. The maximum Gasteiger partial charge on any atom is 0.162 e. The lowest BCUT2D eigenvalue weighted by molar-refractivity contribution is 0.0979. The molecular weight excluding hydrogens is 160 g/mol. The highest BCUT2D eigenvalue weighted by molar-refractivity contribution is 5.95. The number of benzene rings is 1. The molecule has 0 bridgehead atoms. The van der Waals surface area contributed by atoms with Gasteiger partial charge in [0.2, 0.25) is 0 Å². The summed E-state index contributed by atoms with van der Waals surface area (Å²) in [5.41, 5.74) is 0.325. The minimum Gasteiger partial charge on any atom is -0.294 e. The second-order valence-corrected chi connectivity index (χ2v) is 2.57. The van der Waals surface area contributed by atoms with Crippen LogP contribution in [-0.2, 0) is 0 Å². The van der Waals surface area contributed by atoms with E-state index >= 15 is 0 Å². The Bertz CT molecular complexity index is 464. The van der Waals surface area contributed by atoms with Gasteiger partial charge in [0.15, 0.2) is 5.78 Å². The molecule has 1 rings (SSSR count). The largest absolute Gasteiger partial charge is 0.294 e. The van der Waals surface area contributed by atoms with Crippen LogP contribution < -0.4 is 0 Å². The van der Waals surface area contributed by atoms with Crippen LogP contribution in [0.25, 0.3) is 0 Å². The van der Waals surface area contributed by atoms with Gasteiger partial charge >= 0.3 is 0 Å². The molecular formula is C12H16O. The van der Waals surface area contributed by atoms with E-state index < -0.39 is 38.2 Å². The fourth-order valence-electron chi connectivity index (χ4n) is 0.965. The quantitative estimate of drug-likeness (QED) is 0.639. The van der Waals surface area contributed by atoms with Crippen molar-refractivity contribution < 1.29 is 14.4 Å². The number of hydrogen-bond donors (Lipinski definition) is 0. The molecule has 0 aliphatic carbocycles. The average molecular weight is 183 g/mol. The number of ketones is 1. The molecule has 1 aromatic carbocycles. The van der Waals surface area contributed by atoms with Crippen molar-refractivity contribution in [2.24, 2.45) is 0 Å². The van der Waals surface area contributed by atoms with Crippen LogP contribution in [-0.4, -0.2) is 5.78 Å². The molecule has 13 heavy (non-hydrogen) atoms. The van der Waals surface area contributed by atoms with Gasteiger partial charge in [0.25, 0.3) is 0 Å². The molecule has 1 heteroatoms. The van der Waals surface area contributed by atoms with Gasteiger partial charge in [0, 0.05) is 21.6 Å². The van der Waals surface area contributed by atoms with Crippen LogP contribution in [0.4, 0.5) is 0 Å². The van der Waals surface area contributed by atoms with E-state index in [1.54, 1.807) is 18.2 Å². The van der Waals surface area contributed by atoms with Gasteiger partial charge in [-0.25, -0.2) is 0 Å². The van der Waals surface area contributed by atoms with E-state index in [0.717, 1.165) is 0 Å². The van der Waals surface area contributed by atoms with Gasteiger partial charge < -0.3 is 0 Å². The Balaban J connectivity index is 2.78. The maximum absolute atomic E-state index is 11.9. The van der Waals surface area contributed by atoms with Crippen LogP contribution in [0.15, 0.2) is 30.3 Å². The SMILES string of the molecule is [2H]C([2H])(CC(=O)c1ccccc1)CC([2H])([2H])C([2H])([2H])[2H]. The number of rotatable bonds is 5. The van der Waals surface area contributed by atoms with Gasteiger partial charge in [-0.15, -0.1) is 0 Å². The molecule has 0 aliphatic rings. The first-order valence-electron chi connectivity index (χ1n) is 7.53. The molecule has 0 saturated carbocycles. The van der Waals surface area contributed by atoms with E-state index in [1.165, 1.54) is 12.1 Å². The Hall–Kier alpha value is -1.11. The van der Waals surface area contributed by atoms with Gasteiger partial charge in [-0.2, -0.15) is 0 Å². The molecule has 0 amide bonds. The molecule has 0 aromatic heterocycles. The van der Waals surface area contributed by atoms with Crippen molar-refractivity contribution in [1.82, 2.24) is 0 Å². The molecule has 0 heterocycles. The van der Waals surface area contributed by atoms with Crippen molar-refractivity contribution in [1.29, 1.82) is 0 Å². The molecule has 0 atom stereocenters. The van der Waals surface area contributed by atoms with Gasteiger partial charge in [0.1, 0.15) is 0 Å². The van der Waals surface area contributed by atoms with Crippen molar-refractivity contribution in [2.75, 3.05) is 0 Å². The molecule has 0 fully saturated rings. The summed E-state index contributed by atoms with van der Waals surface area (Å²) in [6.07, 6.45) is -6.29. The fraction of sp³-hybridized carbons (Fsp3) is 0.417. The first-order chi connectivity index (χ1) is 8.95. The van der Waals surface area contributed by atoms with Crippen molar-refractivity contribution >= 4 is 5.78 Å². The molecule has 1 nitrogen and oxygen atoms in total. The summed E-state index contributed by atoms with van der Waals surface area (Å²) in [5, 5.41) is 0. The summed E-state index contributed by atoms with van der Waals surface area (Å²) < 4.78 is 51.5. The average Bonchev–Trinajstić information content (AvgIpc) is 2.26. The number of hydrogen-bond acceptors (Lipinski definition) is 1. The Morgan fingerprint density at radius 3 is 2.92 bits per heavy atom. The normalized spacial score (nSPS) is 21.1. The van der Waals surface area contributed by atoms with E-state index in [-0.39, 0.29) is 0 Å².